The van der Waals surface area contributed by atoms with Gasteiger partial charge in [0.05, 0.1) is 6.42 Å². The molecule has 0 amide bonds. The summed E-state index contributed by atoms with van der Waals surface area (Å²) in [5.74, 6) is 1.04. The van der Waals surface area contributed by atoms with E-state index in [0.717, 1.165) is 21.9 Å². The summed E-state index contributed by atoms with van der Waals surface area (Å²) in [4.78, 5) is 8.54. The van der Waals surface area contributed by atoms with E-state index >= 15 is 0 Å². The lowest BCUT2D eigenvalue weighted by atomic mass is 10.4. The molecule has 0 saturated heterocycles. The molecule has 3 nitrogen and oxygen atoms in total. The number of aryl methyl sites for hydroxylation is 1. The molecule has 2 rings (SSSR count). The minimum absolute atomic E-state index is 0.805. The van der Waals surface area contributed by atoms with Crippen molar-refractivity contribution in [3.8, 4) is 0 Å². The maximum atomic E-state index is 4.31. The molecule has 5 heteroatoms. The van der Waals surface area contributed by atoms with Gasteiger partial charge in [-0.3, -0.25) is 0 Å². The predicted octanol–water partition coefficient (Wildman–Crippen LogP) is 2.23. The number of hydrogen-bond acceptors (Lipinski definition) is 3. The molecule has 13 heavy (non-hydrogen) atoms. The van der Waals surface area contributed by atoms with Crippen LogP contribution in [0, 0.1) is 0 Å². The molecule has 0 saturated carbocycles. The highest BCUT2D eigenvalue weighted by Gasteiger charge is 2.04. The van der Waals surface area contributed by atoms with Gasteiger partial charge in [0, 0.05) is 24.8 Å². The largest absolute Gasteiger partial charge is 0.338 e. The number of nitrogens with zero attached hydrogens (tertiary/aromatic N) is 3. The fourth-order valence-electron chi connectivity index (χ4n) is 1.07. The number of rotatable bonds is 2. The van der Waals surface area contributed by atoms with Crippen LogP contribution in [0.3, 0.4) is 0 Å². The second kappa shape index (κ2) is 3.59. The highest BCUT2D eigenvalue weighted by Crippen LogP contribution is 2.17. The molecule has 0 aliphatic rings. The van der Waals surface area contributed by atoms with E-state index in [-0.39, 0.29) is 0 Å². The average Bonchev–Trinajstić information content (AvgIpc) is 2.64. The van der Waals surface area contributed by atoms with Gasteiger partial charge in [-0.05, 0) is 15.9 Å². The van der Waals surface area contributed by atoms with Crippen molar-refractivity contribution >= 4 is 27.3 Å². The van der Waals surface area contributed by atoms with Crippen molar-refractivity contribution in [3.05, 3.63) is 33.2 Å². The van der Waals surface area contributed by atoms with E-state index in [2.05, 4.69) is 25.9 Å². The highest BCUT2D eigenvalue weighted by molar-refractivity contribution is 9.10. The van der Waals surface area contributed by atoms with Gasteiger partial charge in [-0.2, -0.15) is 0 Å². The summed E-state index contributed by atoms with van der Waals surface area (Å²) >= 11 is 4.97. The molecule has 0 spiro atoms. The Bertz CT molecular complexity index is 407. The van der Waals surface area contributed by atoms with Crippen molar-refractivity contribution in [3.63, 3.8) is 0 Å². The van der Waals surface area contributed by atoms with E-state index in [0.29, 0.717) is 0 Å². The lowest BCUT2D eigenvalue weighted by Gasteiger charge is -1.96. The summed E-state index contributed by atoms with van der Waals surface area (Å²) in [6.07, 6.45) is 4.55. The van der Waals surface area contributed by atoms with Crippen LogP contribution in [0.1, 0.15) is 10.8 Å². The summed E-state index contributed by atoms with van der Waals surface area (Å²) < 4.78 is 2.91. The van der Waals surface area contributed by atoms with E-state index in [9.17, 15) is 0 Å². The van der Waals surface area contributed by atoms with Crippen LogP contribution in [0.25, 0.3) is 0 Å². The normalized spacial score (nSPS) is 10.6. The van der Waals surface area contributed by atoms with Gasteiger partial charge in [-0.1, -0.05) is 0 Å². The Hall–Kier alpha value is -0.680. The second-order valence-electron chi connectivity index (χ2n) is 2.70. The molecule has 0 aliphatic heterocycles. The monoisotopic (exact) mass is 257 g/mol. The maximum absolute atomic E-state index is 4.31. The molecule has 2 aromatic rings. The first-order valence-electron chi connectivity index (χ1n) is 3.82. The van der Waals surface area contributed by atoms with Gasteiger partial charge in [0.2, 0.25) is 0 Å². The van der Waals surface area contributed by atoms with Crippen molar-refractivity contribution in [2.45, 2.75) is 6.42 Å². The van der Waals surface area contributed by atoms with E-state index in [4.69, 9.17) is 0 Å². The van der Waals surface area contributed by atoms with Crippen LogP contribution in [-0.4, -0.2) is 14.5 Å². The van der Waals surface area contributed by atoms with Crippen LogP contribution >= 0.6 is 27.3 Å². The molecular weight excluding hydrogens is 250 g/mol. The smallest absolute Gasteiger partial charge is 0.117 e. The van der Waals surface area contributed by atoms with Gasteiger partial charge in [-0.25, -0.2) is 9.97 Å². The Labute approximate surface area is 88.6 Å². The van der Waals surface area contributed by atoms with Crippen LogP contribution in [0.5, 0.6) is 0 Å². The van der Waals surface area contributed by atoms with Crippen LogP contribution in [0.2, 0.25) is 0 Å². The Balaban J connectivity index is 2.19. The first-order chi connectivity index (χ1) is 6.25. The standard InChI is InChI=1S/C8H8BrN3S/c1-12-3-2-10-7(12)4-8-11-6(9)5-13-8/h2-3,5H,4H2,1H3. The molecular formula is C8H8BrN3S. The van der Waals surface area contributed by atoms with Crippen molar-refractivity contribution in [2.24, 2.45) is 7.05 Å². The zero-order chi connectivity index (χ0) is 9.26. The summed E-state index contributed by atoms with van der Waals surface area (Å²) in [7, 11) is 1.99. The van der Waals surface area contributed by atoms with E-state index in [1.165, 1.54) is 0 Å². The third kappa shape index (κ3) is 1.97. The Morgan fingerprint density at radius 2 is 2.46 bits per heavy atom. The molecule has 0 unspecified atom stereocenters. The second-order valence-corrected chi connectivity index (χ2v) is 4.45. The average molecular weight is 258 g/mol. The SMILES string of the molecule is Cn1ccnc1Cc1nc(Br)cs1. The fraction of sp³-hybridized carbons (Fsp3) is 0.250. The molecule has 0 bridgehead atoms. The van der Waals surface area contributed by atoms with Gasteiger partial charge in [0.15, 0.2) is 0 Å². The third-order valence-corrected chi connectivity index (χ3v) is 3.31. The van der Waals surface area contributed by atoms with Crippen molar-refractivity contribution in [1.82, 2.24) is 14.5 Å². The molecule has 2 heterocycles. The molecule has 0 fully saturated rings. The van der Waals surface area contributed by atoms with Crippen LogP contribution in [-0.2, 0) is 13.5 Å². The van der Waals surface area contributed by atoms with Crippen molar-refractivity contribution in [2.75, 3.05) is 0 Å². The molecule has 0 aliphatic carbocycles. The molecule has 68 valence electrons. The molecule has 2 aromatic heterocycles. The van der Waals surface area contributed by atoms with Crippen molar-refractivity contribution in [1.29, 1.82) is 0 Å². The minimum atomic E-state index is 0.805. The Kier molecular flexibility index (Phi) is 2.46. The van der Waals surface area contributed by atoms with Gasteiger partial charge in [0.1, 0.15) is 15.4 Å². The van der Waals surface area contributed by atoms with Gasteiger partial charge >= 0.3 is 0 Å². The maximum Gasteiger partial charge on any atom is 0.117 e. The first kappa shape index (κ1) is 8.90. The molecule has 0 radical (unpaired) electrons. The summed E-state index contributed by atoms with van der Waals surface area (Å²) in [6.45, 7) is 0. The van der Waals surface area contributed by atoms with Crippen LogP contribution < -0.4 is 0 Å². The first-order valence-corrected chi connectivity index (χ1v) is 5.49. The third-order valence-electron chi connectivity index (χ3n) is 1.75. The quantitative estimate of drug-likeness (QED) is 0.827. The number of aromatic nitrogens is 3. The van der Waals surface area contributed by atoms with E-state index < -0.39 is 0 Å². The van der Waals surface area contributed by atoms with Crippen LogP contribution in [0.15, 0.2) is 22.4 Å². The Morgan fingerprint density at radius 3 is 3.00 bits per heavy atom. The minimum Gasteiger partial charge on any atom is -0.338 e. The zero-order valence-corrected chi connectivity index (χ0v) is 9.47. The summed E-state index contributed by atoms with van der Waals surface area (Å²) in [5, 5.41) is 3.07. The molecule has 0 aromatic carbocycles. The van der Waals surface area contributed by atoms with E-state index in [1.54, 1.807) is 17.5 Å². The predicted molar refractivity (Wildman–Crippen MR) is 55.8 cm³/mol. The van der Waals surface area contributed by atoms with Gasteiger partial charge in [0.25, 0.3) is 0 Å². The highest BCUT2D eigenvalue weighted by atomic mass is 79.9. The Morgan fingerprint density at radius 1 is 1.62 bits per heavy atom. The van der Waals surface area contributed by atoms with Gasteiger partial charge in [-0.15, -0.1) is 11.3 Å². The van der Waals surface area contributed by atoms with Crippen molar-refractivity contribution < 1.29 is 0 Å². The zero-order valence-electron chi connectivity index (χ0n) is 7.07. The molecule has 0 N–H and O–H groups in total. The lowest BCUT2D eigenvalue weighted by molar-refractivity contribution is 0.818. The molecule has 0 atom stereocenters. The summed E-state index contributed by atoms with van der Waals surface area (Å²) in [5.41, 5.74) is 0. The number of thiazole rings is 1. The lowest BCUT2D eigenvalue weighted by Crippen LogP contribution is -1.97. The van der Waals surface area contributed by atoms with Gasteiger partial charge < -0.3 is 4.57 Å². The number of hydrogen-bond donors (Lipinski definition) is 0. The number of halogens is 1. The van der Waals surface area contributed by atoms with Crippen LogP contribution in [0.4, 0.5) is 0 Å². The fourth-order valence-corrected chi connectivity index (χ4v) is 2.33. The number of imidazole rings is 1. The van der Waals surface area contributed by atoms with E-state index in [1.807, 2.05) is 23.2 Å². The topological polar surface area (TPSA) is 30.7 Å². The summed E-state index contributed by atoms with van der Waals surface area (Å²) in [6, 6.07) is 0.